The highest BCUT2D eigenvalue weighted by Crippen LogP contribution is 2.23. The summed E-state index contributed by atoms with van der Waals surface area (Å²) in [6, 6.07) is 5.94. The molecule has 0 spiro atoms. The van der Waals surface area contributed by atoms with Gasteiger partial charge in [0.25, 0.3) is 0 Å². The topological polar surface area (TPSA) is 58.2 Å². The van der Waals surface area contributed by atoms with Crippen LogP contribution in [0.5, 0.6) is 0 Å². The second-order valence-corrected chi connectivity index (χ2v) is 4.30. The molecule has 2 rings (SSSR count). The molecule has 2 N–H and O–H groups in total. The number of hydrogen-bond acceptors (Lipinski definition) is 2. The molecule has 0 fully saturated rings. The Morgan fingerprint density at radius 1 is 1.44 bits per heavy atom. The summed E-state index contributed by atoms with van der Waals surface area (Å²) in [6.45, 7) is 2.03. The van der Waals surface area contributed by atoms with Crippen molar-refractivity contribution in [3.05, 3.63) is 35.4 Å². The summed E-state index contributed by atoms with van der Waals surface area (Å²) in [5, 5.41) is 5.55. The fourth-order valence-corrected chi connectivity index (χ4v) is 1.90. The van der Waals surface area contributed by atoms with Crippen molar-refractivity contribution in [3.8, 4) is 0 Å². The molecular formula is C14H16N2O2. The van der Waals surface area contributed by atoms with Gasteiger partial charge in [-0.05, 0) is 29.7 Å². The standard InChI is InChI=1S/C14H16N2O2/c1-10(17)15-8-2-3-11-4-6-13-12(9-11)5-7-14(18)16-13/h2-4,6,9H,5,7-8H2,1H3,(H,15,17)(H,16,18). The summed E-state index contributed by atoms with van der Waals surface area (Å²) >= 11 is 0. The van der Waals surface area contributed by atoms with Gasteiger partial charge in [0, 0.05) is 25.6 Å². The predicted molar refractivity (Wildman–Crippen MR) is 71.1 cm³/mol. The number of hydrogen-bond donors (Lipinski definition) is 2. The van der Waals surface area contributed by atoms with E-state index in [-0.39, 0.29) is 11.8 Å². The molecule has 1 aliphatic rings. The molecule has 0 unspecified atom stereocenters. The minimum atomic E-state index is -0.0344. The number of rotatable bonds is 3. The van der Waals surface area contributed by atoms with Crippen LogP contribution in [0, 0.1) is 0 Å². The lowest BCUT2D eigenvalue weighted by Crippen LogP contribution is -2.19. The van der Waals surface area contributed by atoms with Crippen LogP contribution in [-0.2, 0) is 16.0 Å². The van der Waals surface area contributed by atoms with Gasteiger partial charge in [-0.1, -0.05) is 18.2 Å². The van der Waals surface area contributed by atoms with Gasteiger partial charge in [-0.3, -0.25) is 9.59 Å². The van der Waals surface area contributed by atoms with Gasteiger partial charge >= 0.3 is 0 Å². The summed E-state index contributed by atoms with van der Waals surface area (Å²) in [5.41, 5.74) is 3.15. The molecular weight excluding hydrogens is 228 g/mol. The van der Waals surface area contributed by atoms with Gasteiger partial charge in [0.1, 0.15) is 0 Å². The minimum absolute atomic E-state index is 0.0344. The lowest BCUT2D eigenvalue weighted by molar-refractivity contribution is -0.119. The number of aryl methyl sites for hydroxylation is 1. The van der Waals surface area contributed by atoms with E-state index in [1.165, 1.54) is 6.92 Å². The molecule has 0 aliphatic carbocycles. The first-order chi connectivity index (χ1) is 8.65. The van der Waals surface area contributed by atoms with E-state index in [9.17, 15) is 9.59 Å². The molecule has 0 radical (unpaired) electrons. The van der Waals surface area contributed by atoms with Crippen molar-refractivity contribution in [2.75, 3.05) is 11.9 Å². The van der Waals surface area contributed by atoms with Crippen molar-refractivity contribution in [2.24, 2.45) is 0 Å². The molecule has 2 amide bonds. The Labute approximate surface area is 106 Å². The van der Waals surface area contributed by atoms with Crippen LogP contribution in [-0.4, -0.2) is 18.4 Å². The Balaban J connectivity index is 2.03. The Bertz CT molecular complexity index is 507. The zero-order valence-electron chi connectivity index (χ0n) is 10.3. The van der Waals surface area contributed by atoms with Crippen LogP contribution >= 0.6 is 0 Å². The zero-order valence-corrected chi connectivity index (χ0v) is 10.3. The first-order valence-electron chi connectivity index (χ1n) is 5.99. The van der Waals surface area contributed by atoms with Crippen LogP contribution < -0.4 is 10.6 Å². The molecule has 1 aromatic rings. The Hall–Kier alpha value is -2.10. The highest BCUT2D eigenvalue weighted by Gasteiger charge is 2.13. The molecule has 1 aromatic carbocycles. The molecule has 4 heteroatoms. The number of nitrogens with one attached hydrogen (secondary N) is 2. The third-order valence-corrected chi connectivity index (χ3v) is 2.80. The van der Waals surface area contributed by atoms with Gasteiger partial charge in [0.2, 0.25) is 11.8 Å². The number of amides is 2. The maximum atomic E-state index is 11.2. The largest absolute Gasteiger partial charge is 0.353 e. The van der Waals surface area contributed by atoms with E-state index < -0.39 is 0 Å². The molecule has 0 atom stereocenters. The number of carbonyl (C=O) groups is 2. The summed E-state index contributed by atoms with van der Waals surface area (Å²) in [6.07, 6.45) is 5.21. The van der Waals surface area contributed by atoms with Gasteiger partial charge in [-0.2, -0.15) is 0 Å². The van der Waals surface area contributed by atoms with Crippen molar-refractivity contribution < 1.29 is 9.59 Å². The lowest BCUT2D eigenvalue weighted by atomic mass is 10.0. The second-order valence-electron chi connectivity index (χ2n) is 4.30. The van der Waals surface area contributed by atoms with Gasteiger partial charge in [-0.15, -0.1) is 0 Å². The maximum Gasteiger partial charge on any atom is 0.224 e. The summed E-state index contributed by atoms with van der Waals surface area (Å²) in [4.78, 5) is 21.9. The number of carbonyl (C=O) groups excluding carboxylic acids is 2. The van der Waals surface area contributed by atoms with Crippen LogP contribution in [0.2, 0.25) is 0 Å². The Morgan fingerprint density at radius 2 is 2.28 bits per heavy atom. The fraction of sp³-hybridized carbons (Fsp3) is 0.286. The molecule has 0 aromatic heterocycles. The first kappa shape index (κ1) is 12.4. The zero-order chi connectivity index (χ0) is 13.0. The third kappa shape index (κ3) is 3.20. The second kappa shape index (κ2) is 5.49. The van der Waals surface area contributed by atoms with E-state index in [0.717, 1.165) is 23.2 Å². The quantitative estimate of drug-likeness (QED) is 0.850. The smallest absolute Gasteiger partial charge is 0.224 e. The first-order valence-corrected chi connectivity index (χ1v) is 5.99. The van der Waals surface area contributed by atoms with Crippen LogP contribution in [0.3, 0.4) is 0 Å². The maximum absolute atomic E-state index is 11.2. The van der Waals surface area contributed by atoms with Gasteiger partial charge < -0.3 is 10.6 Å². The van der Waals surface area contributed by atoms with Crippen molar-refractivity contribution >= 4 is 23.6 Å². The SMILES string of the molecule is CC(=O)NCC=Cc1ccc2c(c1)CCC(=O)N2. The summed E-state index contributed by atoms with van der Waals surface area (Å²) in [7, 11) is 0. The molecule has 4 nitrogen and oxygen atoms in total. The summed E-state index contributed by atoms with van der Waals surface area (Å²) < 4.78 is 0. The molecule has 1 heterocycles. The normalized spacial score (nSPS) is 14.2. The van der Waals surface area contributed by atoms with E-state index in [2.05, 4.69) is 16.7 Å². The van der Waals surface area contributed by atoms with Crippen LogP contribution in [0.4, 0.5) is 5.69 Å². The number of fused-ring (bicyclic) bond motifs is 1. The molecule has 94 valence electrons. The highest BCUT2D eigenvalue weighted by atomic mass is 16.2. The third-order valence-electron chi connectivity index (χ3n) is 2.80. The van der Waals surface area contributed by atoms with Crippen molar-refractivity contribution in [3.63, 3.8) is 0 Å². The van der Waals surface area contributed by atoms with E-state index in [4.69, 9.17) is 0 Å². The molecule has 0 saturated carbocycles. The van der Waals surface area contributed by atoms with E-state index in [1.54, 1.807) is 0 Å². The van der Waals surface area contributed by atoms with Crippen molar-refractivity contribution in [2.45, 2.75) is 19.8 Å². The molecule has 0 saturated heterocycles. The summed E-state index contributed by atoms with van der Waals surface area (Å²) in [5.74, 6) is 0.0456. The minimum Gasteiger partial charge on any atom is -0.353 e. The van der Waals surface area contributed by atoms with Crippen molar-refractivity contribution in [1.82, 2.24) is 5.32 Å². The Kier molecular flexibility index (Phi) is 3.77. The monoisotopic (exact) mass is 244 g/mol. The average Bonchev–Trinajstić information content (AvgIpc) is 2.34. The van der Waals surface area contributed by atoms with E-state index in [0.29, 0.717) is 13.0 Å². The highest BCUT2D eigenvalue weighted by molar-refractivity contribution is 5.94. The number of benzene rings is 1. The van der Waals surface area contributed by atoms with Crippen LogP contribution in [0.1, 0.15) is 24.5 Å². The van der Waals surface area contributed by atoms with E-state index in [1.807, 2.05) is 24.3 Å². The lowest BCUT2D eigenvalue weighted by Gasteiger charge is -2.16. The van der Waals surface area contributed by atoms with E-state index >= 15 is 0 Å². The van der Waals surface area contributed by atoms with Crippen LogP contribution in [0.15, 0.2) is 24.3 Å². The molecule has 1 aliphatic heterocycles. The number of anilines is 1. The van der Waals surface area contributed by atoms with Gasteiger partial charge in [0.05, 0.1) is 0 Å². The van der Waals surface area contributed by atoms with Gasteiger partial charge in [0.15, 0.2) is 0 Å². The predicted octanol–water partition coefficient (Wildman–Crippen LogP) is 1.72. The van der Waals surface area contributed by atoms with Crippen molar-refractivity contribution in [1.29, 1.82) is 0 Å². The molecule has 18 heavy (non-hydrogen) atoms. The van der Waals surface area contributed by atoms with Gasteiger partial charge in [-0.25, -0.2) is 0 Å². The van der Waals surface area contributed by atoms with Crippen LogP contribution in [0.25, 0.3) is 6.08 Å². The fourth-order valence-electron chi connectivity index (χ4n) is 1.90. The average molecular weight is 244 g/mol. The molecule has 0 bridgehead atoms. The Morgan fingerprint density at radius 3 is 3.06 bits per heavy atom.